The Morgan fingerprint density at radius 2 is 2.15 bits per heavy atom. The molecule has 3 N–H and O–H groups in total. The first kappa shape index (κ1) is 15.7. The maximum Gasteiger partial charge on any atom is 0.240 e. The molecule has 112 valence electrons. The first-order valence-corrected chi connectivity index (χ1v) is 9.68. The Hall–Kier alpha value is -0.720. The summed E-state index contributed by atoms with van der Waals surface area (Å²) in [6, 6.07) is 5.03. The van der Waals surface area contributed by atoms with E-state index >= 15 is 0 Å². The molecule has 0 spiro atoms. The van der Waals surface area contributed by atoms with Crippen LogP contribution in [0.1, 0.15) is 31.7 Å². The fourth-order valence-corrected chi connectivity index (χ4v) is 5.04. The third kappa shape index (κ3) is 3.30. The molecule has 2 unspecified atom stereocenters. The van der Waals surface area contributed by atoms with E-state index < -0.39 is 10.0 Å². The number of nitrogens with one attached hydrogen (secondary N) is 1. The molecule has 0 radical (unpaired) electrons. The zero-order valence-electron chi connectivity index (χ0n) is 11.9. The molecule has 0 heterocycles. The fraction of sp³-hybridized carbons (Fsp3) is 0.571. The van der Waals surface area contributed by atoms with Gasteiger partial charge in [0, 0.05) is 17.0 Å². The highest BCUT2D eigenvalue weighted by Crippen LogP contribution is 2.29. The lowest BCUT2D eigenvalue weighted by Crippen LogP contribution is -2.38. The van der Waals surface area contributed by atoms with Gasteiger partial charge in [0.1, 0.15) is 0 Å². The smallest absolute Gasteiger partial charge is 0.240 e. The van der Waals surface area contributed by atoms with Crippen LogP contribution in [0.4, 0.5) is 5.69 Å². The number of sulfonamides is 1. The van der Waals surface area contributed by atoms with E-state index in [0.29, 0.717) is 10.9 Å². The van der Waals surface area contributed by atoms with Crippen molar-refractivity contribution in [2.45, 2.75) is 48.8 Å². The van der Waals surface area contributed by atoms with Crippen LogP contribution < -0.4 is 10.5 Å². The summed E-state index contributed by atoms with van der Waals surface area (Å²) < 4.78 is 27.7. The van der Waals surface area contributed by atoms with Crippen LogP contribution in [0, 0.1) is 0 Å². The first-order valence-electron chi connectivity index (χ1n) is 6.91. The Bertz CT molecular complexity index is 573. The largest absolute Gasteiger partial charge is 0.398 e. The topological polar surface area (TPSA) is 72.2 Å². The van der Waals surface area contributed by atoms with Crippen LogP contribution in [-0.2, 0) is 16.4 Å². The number of aryl methyl sites for hydroxylation is 1. The Balaban J connectivity index is 2.20. The van der Waals surface area contributed by atoms with Crippen molar-refractivity contribution in [2.24, 2.45) is 0 Å². The molecule has 1 aliphatic rings. The molecule has 1 aliphatic carbocycles. The average Bonchev–Trinajstić information content (AvgIpc) is 2.85. The minimum Gasteiger partial charge on any atom is -0.398 e. The zero-order chi connectivity index (χ0) is 14.8. The lowest BCUT2D eigenvalue weighted by atomic mass is 10.1. The van der Waals surface area contributed by atoms with E-state index in [2.05, 4.69) is 4.72 Å². The van der Waals surface area contributed by atoms with Gasteiger partial charge in [0.2, 0.25) is 10.0 Å². The minimum atomic E-state index is -3.48. The highest BCUT2D eigenvalue weighted by atomic mass is 32.2. The summed E-state index contributed by atoms with van der Waals surface area (Å²) in [4.78, 5) is 0.263. The van der Waals surface area contributed by atoms with Gasteiger partial charge < -0.3 is 5.73 Å². The van der Waals surface area contributed by atoms with Gasteiger partial charge in [-0.1, -0.05) is 19.4 Å². The van der Waals surface area contributed by atoms with Gasteiger partial charge in [-0.3, -0.25) is 0 Å². The van der Waals surface area contributed by atoms with E-state index in [9.17, 15) is 8.42 Å². The van der Waals surface area contributed by atoms with Crippen molar-refractivity contribution in [1.82, 2.24) is 4.72 Å². The van der Waals surface area contributed by atoms with Crippen molar-refractivity contribution in [2.75, 3.05) is 12.0 Å². The quantitative estimate of drug-likeness (QED) is 0.819. The van der Waals surface area contributed by atoms with Crippen LogP contribution in [0.2, 0.25) is 0 Å². The number of hydrogen-bond donors (Lipinski definition) is 2. The molecular weight excluding hydrogens is 292 g/mol. The molecule has 0 saturated heterocycles. The summed E-state index contributed by atoms with van der Waals surface area (Å²) in [7, 11) is -3.48. The molecule has 1 saturated carbocycles. The molecule has 1 aromatic rings. The zero-order valence-corrected chi connectivity index (χ0v) is 13.6. The number of anilines is 1. The lowest BCUT2D eigenvalue weighted by molar-refractivity contribution is 0.555. The summed E-state index contributed by atoms with van der Waals surface area (Å²) in [6.07, 6.45) is 5.90. The maximum absolute atomic E-state index is 12.4. The Labute approximate surface area is 125 Å². The molecule has 1 fully saturated rings. The van der Waals surface area contributed by atoms with Gasteiger partial charge in [-0.2, -0.15) is 11.8 Å². The van der Waals surface area contributed by atoms with Crippen molar-refractivity contribution in [3.8, 4) is 0 Å². The van der Waals surface area contributed by atoms with Gasteiger partial charge in [0.25, 0.3) is 0 Å². The Kier molecular flexibility index (Phi) is 4.99. The summed E-state index contributed by atoms with van der Waals surface area (Å²) in [5.74, 6) is 0. The fourth-order valence-electron chi connectivity index (χ4n) is 2.67. The third-order valence-corrected chi connectivity index (χ3v) is 6.53. The van der Waals surface area contributed by atoms with E-state index in [1.165, 1.54) is 0 Å². The van der Waals surface area contributed by atoms with Gasteiger partial charge in [-0.15, -0.1) is 0 Å². The Morgan fingerprint density at radius 1 is 1.40 bits per heavy atom. The molecule has 4 nitrogen and oxygen atoms in total. The predicted octanol–water partition coefficient (Wildman–Crippen LogP) is 2.39. The average molecular weight is 314 g/mol. The number of nitrogens with two attached hydrogens (primary N) is 1. The van der Waals surface area contributed by atoms with Crippen LogP contribution >= 0.6 is 11.8 Å². The van der Waals surface area contributed by atoms with Crippen molar-refractivity contribution in [3.05, 3.63) is 23.8 Å². The molecule has 6 heteroatoms. The molecule has 2 atom stereocenters. The third-order valence-electron chi connectivity index (χ3n) is 3.87. The summed E-state index contributed by atoms with van der Waals surface area (Å²) >= 11 is 1.73. The van der Waals surface area contributed by atoms with Crippen LogP contribution in [0.25, 0.3) is 0 Å². The second-order valence-corrected chi connectivity index (χ2v) is 7.94. The number of rotatable bonds is 5. The lowest BCUT2D eigenvalue weighted by Gasteiger charge is -2.19. The van der Waals surface area contributed by atoms with Crippen molar-refractivity contribution >= 4 is 27.5 Å². The Morgan fingerprint density at radius 3 is 2.75 bits per heavy atom. The summed E-state index contributed by atoms with van der Waals surface area (Å²) in [5.41, 5.74) is 7.42. The normalized spacial score (nSPS) is 23.1. The van der Waals surface area contributed by atoms with E-state index in [0.717, 1.165) is 31.2 Å². The van der Waals surface area contributed by atoms with E-state index in [4.69, 9.17) is 5.73 Å². The molecule has 0 amide bonds. The summed E-state index contributed by atoms with van der Waals surface area (Å²) in [5, 5.41) is 0.372. The number of thioether (sulfide) groups is 1. The van der Waals surface area contributed by atoms with Gasteiger partial charge >= 0.3 is 0 Å². The molecule has 0 aliphatic heterocycles. The monoisotopic (exact) mass is 314 g/mol. The van der Waals surface area contributed by atoms with E-state index in [1.807, 2.05) is 13.2 Å². The van der Waals surface area contributed by atoms with Crippen molar-refractivity contribution in [1.29, 1.82) is 0 Å². The second-order valence-electron chi connectivity index (χ2n) is 5.15. The van der Waals surface area contributed by atoms with Crippen LogP contribution in [-0.4, -0.2) is 26.0 Å². The van der Waals surface area contributed by atoms with E-state index in [-0.39, 0.29) is 10.9 Å². The SMILES string of the molecule is CCc1ccc(S(=O)(=O)NC2CCCC2SC)cc1N. The number of hydrogen-bond acceptors (Lipinski definition) is 4. The van der Waals surface area contributed by atoms with E-state index in [1.54, 1.807) is 30.0 Å². The highest BCUT2D eigenvalue weighted by molar-refractivity contribution is 7.99. The number of nitrogen functional groups attached to an aromatic ring is 1. The first-order chi connectivity index (χ1) is 9.47. The minimum absolute atomic E-state index is 0.0297. The molecule has 0 bridgehead atoms. The molecular formula is C14H22N2O2S2. The number of benzene rings is 1. The molecule has 20 heavy (non-hydrogen) atoms. The molecule has 2 rings (SSSR count). The van der Waals surface area contributed by atoms with Crippen LogP contribution in [0.15, 0.2) is 23.1 Å². The van der Waals surface area contributed by atoms with Crippen molar-refractivity contribution < 1.29 is 8.42 Å². The second kappa shape index (κ2) is 6.37. The van der Waals surface area contributed by atoms with Gasteiger partial charge in [-0.25, -0.2) is 13.1 Å². The van der Waals surface area contributed by atoms with Gasteiger partial charge in [0.15, 0.2) is 0 Å². The predicted molar refractivity (Wildman–Crippen MR) is 85.5 cm³/mol. The molecule has 0 aromatic heterocycles. The van der Waals surface area contributed by atoms with Crippen LogP contribution in [0.5, 0.6) is 0 Å². The van der Waals surface area contributed by atoms with Crippen molar-refractivity contribution in [3.63, 3.8) is 0 Å². The summed E-state index contributed by atoms with van der Waals surface area (Å²) in [6.45, 7) is 2.00. The van der Waals surface area contributed by atoms with Gasteiger partial charge in [0.05, 0.1) is 4.90 Å². The van der Waals surface area contributed by atoms with Gasteiger partial charge in [-0.05, 0) is 43.2 Å². The molecule has 1 aromatic carbocycles. The standard InChI is InChI=1S/C14H22N2O2S2/c1-3-10-7-8-11(9-12(10)15)20(17,18)16-13-5-4-6-14(13)19-2/h7-9,13-14,16H,3-6,15H2,1-2H3. The van der Waals surface area contributed by atoms with Crippen LogP contribution in [0.3, 0.4) is 0 Å². The maximum atomic E-state index is 12.4. The highest BCUT2D eigenvalue weighted by Gasteiger charge is 2.30.